The Kier molecular flexibility index (Phi) is 6.60. The van der Waals surface area contributed by atoms with Crippen LogP contribution in [0.1, 0.15) is 40.2 Å². The molecule has 1 aliphatic heterocycles. The van der Waals surface area contributed by atoms with Gasteiger partial charge in [0.2, 0.25) is 5.91 Å². The van der Waals surface area contributed by atoms with Crippen molar-refractivity contribution in [1.82, 2.24) is 10.6 Å². The van der Waals surface area contributed by atoms with Crippen molar-refractivity contribution in [3.05, 3.63) is 71.3 Å². The minimum Gasteiger partial charge on any atom is -0.369 e. The van der Waals surface area contributed by atoms with Gasteiger partial charge < -0.3 is 16.4 Å². The Morgan fingerprint density at radius 2 is 1.70 bits per heavy atom. The average molecular weight is 365 g/mol. The van der Waals surface area contributed by atoms with Crippen LogP contribution in [0.5, 0.6) is 0 Å². The topological polar surface area (TPSA) is 84.2 Å². The Morgan fingerprint density at radius 3 is 2.33 bits per heavy atom. The number of rotatable bonds is 7. The van der Waals surface area contributed by atoms with Crippen molar-refractivity contribution < 1.29 is 9.59 Å². The Bertz CT molecular complexity index is 753. The van der Waals surface area contributed by atoms with Crippen molar-refractivity contribution in [3.63, 3.8) is 0 Å². The maximum absolute atomic E-state index is 12.6. The van der Waals surface area contributed by atoms with E-state index in [0.29, 0.717) is 23.9 Å². The van der Waals surface area contributed by atoms with Gasteiger partial charge in [0, 0.05) is 18.0 Å². The number of nitrogens with one attached hydrogen (secondary N) is 2. The second-order valence-corrected chi connectivity index (χ2v) is 7.15. The molecule has 1 atom stereocenters. The summed E-state index contributed by atoms with van der Waals surface area (Å²) in [6.07, 6.45) is 2.43. The lowest BCUT2D eigenvalue weighted by molar-refractivity contribution is -0.117. The molecule has 2 aromatic rings. The molecule has 1 unspecified atom stereocenters. The highest BCUT2D eigenvalue weighted by atomic mass is 16.2. The number of piperidine rings is 1. The van der Waals surface area contributed by atoms with Crippen LogP contribution in [-0.2, 0) is 11.2 Å². The predicted octanol–water partition coefficient (Wildman–Crippen LogP) is 2.23. The van der Waals surface area contributed by atoms with Crippen LogP contribution in [-0.4, -0.2) is 31.4 Å². The van der Waals surface area contributed by atoms with Crippen LogP contribution in [0.3, 0.4) is 0 Å². The zero-order valence-corrected chi connectivity index (χ0v) is 15.5. The van der Waals surface area contributed by atoms with Gasteiger partial charge in [0.15, 0.2) is 0 Å². The molecule has 27 heavy (non-hydrogen) atoms. The van der Waals surface area contributed by atoms with E-state index in [1.54, 1.807) is 24.3 Å². The molecule has 0 saturated carbocycles. The highest BCUT2D eigenvalue weighted by Crippen LogP contribution is 2.30. The molecule has 0 bridgehead atoms. The van der Waals surface area contributed by atoms with Crippen molar-refractivity contribution in [1.29, 1.82) is 0 Å². The van der Waals surface area contributed by atoms with Crippen molar-refractivity contribution in [2.45, 2.75) is 25.2 Å². The van der Waals surface area contributed by atoms with Crippen LogP contribution in [0.2, 0.25) is 0 Å². The van der Waals surface area contributed by atoms with E-state index in [1.807, 2.05) is 6.07 Å². The second-order valence-electron chi connectivity index (χ2n) is 7.15. The summed E-state index contributed by atoms with van der Waals surface area (Å²) in [4.78, 5) is 23.6. The molecular weight excluding hydrogens is 338 g/mol. The number of carbonyl (C=O) groups is 2. The maximum atomic E-state index is 12.6. The Hall–Kier alpha value is -2.66. The lowest BCUT2D eigenvalue weighted by Crippen LogP contribution is -2.36. The number of carbonyl (C=O) groups excluding carboxylic acids is 2. The van der Waals surface area contributed by atoms with E-state index in [0.717, 1.165) is 31.5 Å². The molecule has 2 amide bonds. The maximum Gasteiger partial charge on any atom is 0.251 e. The van der Waals surface area contributed by atoms with Gasteiger partial charge in [-0.1, -0.05) is 42.5 Å². The largest absolute Gasteiger partial charge is 0.369 e. The molecule has 1 aliphatic rings. The first-order chi connectivity index (χ1) is 13.1. The van der Waals surface area contributed by atoms with E-state index in [2.05, 4.69) is 34.9 Å². The molecule has 142 valence electrons. The summed E-state index contributed by atoms with van der Waals surface area (Å²) in [5, 5.41) is 6.51. The molecule has 0 aromatic heterocycles. The van der Waals surface area contributed by atoms with Crippen LogP contribution in [0, 0.1) is 5.92 Å². The summed E-state index contributed by atoms with van der Waals surface area (Å²) in [5.74, 6) is 0.411. The third-order valence-corrected chi connectivity index (χ3v) is 5.26. The highest BCUT2D eigenvalue weighted by molar-refractivity contribution is 5.94. The third-order valence-electron chi connectivity index (χ3n) is 5.26. The van der Waals surface area contributed by atoms with Crippen molar-refractivity contribution in [3.8, 4) is 0 Å². The van der Waals surface area contributed by atoms with E-state index < -0.39 is 0 Å². The molecule has 0 radical (unpaired) electrons. The number of benzene rings is 2. The summed E-state index contributed by atoms with van der Waals surface area (Å²) in [7, 11) is 0. The quantitative estimate of drug-likeness (QED) is 0.703. The minimum absolute atomic E-state index is 0.0875. The van der Waals surface area contributed by atoms with E-state index in [4.69, 9.17) is 5.73 Å². The standard InChI is InChI=1S/C22H27N3O2/c23-21(26)14-16-6-8-19(9-7-16)22(27)25-15-20(17-4-2-1-3-5-17)18-10-12-24-13-11-18/h1-9,18,20,24H,10-15H2,(H2,23,26)(H,25,27). The van der Waals surface area contributed by atoms with Gasteiger partial charge in [0.25, 0.3) is 5.91 Å². The summed E-state index contributed by atoms with van der Waals surface area (Å²) >= 11 is 0. The fourth-order valence-electron chi connectivity index (χ4n) is 3.78. The molecule has 1 heterocycles. The fourth-order valence-corrected chi connectivity index (χ4v) is 3.78. The molecule has 1 saturated heterocycles. The van der Waals surface area contributed by atoms with Crippen molar-refractivity contribution in [2.75, 3.05) is 19.6 Å². The first-order valence-corrected chi connectivity index (χ1v) is 9.54. The van der Waals surface area contributed by atoms with Gasteiger partial charge in [-0.25, -0.2) is 0 Å². The van der Waals surface area contributed by atoms with Gasteiger partial charge in [-0.05, 0) is 55.1 Å². The lowest BCUT2D eigenvalue weighted by Gasteiger charge is -2.31. The summed E-state index contributed by atoms with van der Waals surface area (Å²) in [5.41, 5.74) is 7.90. The van der Waals surface area contributed by atoms with Crippen LogP contribution in [0.15, 0.2) is 54.6 Å². The Labute approximate surface area is 160 Å². The van der Waals surface area contributed by atoms with Crippen LogP contribution in [0.25, 0.3) is 0 Å². The molecule has 3 rings (SSSR count). The number of primary amides is 1. The minimum atomic E-state index is -0.375. The molecule has 0 spiro atoms. The van der Waals surface area contributed by atoms with Gasteiger partial charge in [-0.15, -0.1) is 0 Å². The molecular formula is C22H27N3O2. The molecule has 1 fully saturated rings. The van der Waals surface area contributed by atoms with Crippen LogP contribution < -0.4 is 16.4 Å². The van der Waals surface area contributed by atoms with E-state index in [1.165, 1.54) is 5.56 Å². The average Bonchev–Trinajstić information content (AvgIpc) is 2.70. The summed E-state index contributed by atoms with van der Waals surface area (Å²) in [6.45, 7) is 2.68. The Morgan fingerprint density at radius 1 is 1.04 bits per heavy atom. The van der Waals surface area contributed by atoms with Gasteiger partial charge in [0.05, 0.1) is 6.42 Å². The number of hydrogen-bond acceptors (Lipinski definition) is 3. The van der Waals surface area contributed by atoms with E-state index in [9.17, 15) is 9.59 Å². The highest BCUT2D eigenvalue weighted by Gasteiger charge is 2.25. The first-order valence-electron chi connectivity index (χ1n) is 9.54. The molecule has 5 nitrogen and oxygen atoms in total. The second kappa shape index (κ2) is 9.33. The predicted molar refractivity (Wildman–Crippen MR) is 106 cm³/mol. The van der Waals surface area contributed by atoms with Gasteiger partial charge in [0.1, 0.15) is 0 Å². The summed E-state index contributed by atoms with van der Waals surface area (Å²) < 4.78 is 0. The number of amides is 2. The lowest BCUT2D eigenvalue weighted by atomic mass is 9.80. The normalized spacial score (nSPS) is 15.9. The first kappa shape index (κ1) is 19.1. The SMILES string of the molecule is NC(=O)Cc1ccc(C(=O)NCC(c2ccccc2)C2CCNCC2)cc1. The molecule has 0 aliphatic carbocycles. The van der Waals surface area contributed by atoms with E-state index in [-0.39, 0.29) is 18.2 Å². The molecule has 2 aromatic carbocycles. The van der Waals surface area contributed by atoms with Gasteiger partial charge in [-0.3, -0.25) is 9.59 Å². The van der Waals surface area contributed by atoms with Crippen molar-refractivity contribution >= 4 is 11.8 Å². The van der Waals surface area contributed by atoms with Crippen LogP contribution >= 0.6 is 0 Å². The zero-order valence-electron chi connectivity index (χ0n) is 15.5. The van der Waals surface area contributed by atoms with Gasteiger partial charge in [-0.2, -0.15) is 0 Å². The van der Waals surface area contributed by atoms with Crippen molar-refractivity contribution in [2.24, 2.45) is 11.7 Å². The number of nitrogens with two attached hydrogens (primary N) is 1. The van der Waals surface area contributed by atoms with E-state index >= 15 is 0 Å². The smallest absolute Gasteiger partial charge is 0.251 e. The molecule has 4 N–H and O–H groups in total. The zero-order chi connectivity index (χ0) is 19.1. The number of hydrogen-bond donors (Lipinski definition) is 3. The Balaban J connectivity index is 1.65. The molecule has 5 heteroatoms. The monoisotopic (exact) mass is 365 g/mol. The third kappa shape index (κ3) is 5.41. The van der Waals surface area contributed by atoms with Crippen LogP contribution in [0.4, 0.5) is 0 Å². The fraction of sp³-hybridized carbons (Fsp3) is 0.364. The summed E-state index contributed by atoms with van der Waals surface area (Å²) in [6, 6.07) is 17.5. The van der Waals surface area contributed by atoms with Gasteiger partial charge >= 0.3 is 0 Å².